The SMILES string of the molecule is CC1(C)OB(C(=Cc2c(Cl)cc(N)cc2Cl)CS)OC1(C)C. The lowest BCUT2D eigenvalue weighted by atomic mass is 9.78. The first-order valence-corrected chi connectivity index (χ1v) is 8.38. The Morgan fingerprint density at radius 2 is 1.64 bits per heavy atom. The molecule has 0 radical (unpaired) electrons. The summed E-state index contributed by atoms with van der Waals surface area (Å²) >= 11 is 16.9. The van der Waals surface area contributed by atoms with Crippen LogP contribution in [-0.4, -0.2) is 24.1 Å². The average molecular weight is 360 g/mol. The maximum Gasteiger partial charge on any atom is 0.491 e. The third-order valence-electron chi connectivity index (χ3n) is 4.17. The number of nitrogen functional groups attached to an aromatic ring is 1. The van der Waals surface area contributed by atoms with Crippen molar-refractivity contribution in [3.05, 3.63) is 33.2 Å². The number of thiol groups is 1. The van der Waals surface area contributed by atoms with Gasteiger partial charge in [0.15, 0.2) is 0 Å². The lowest BCUT2D eigenvalue weighted by Gasteiger charge is -2.32. The summed E-state index contributed by atoms with van der Waals surface area (Å²) in [5.41, 5.74) is 6.99. The molecule has 0 bridgehead atoms. The van der Waals surface area contributed by atoms with Crippen LogP contribution in [0.15, 0.2) is 17.6 Å². The van der Waals surface area contributed by atoms with Crippen LogP contribution in [0.1, 0.15) is 33.3 Å². The third kappa shape index (κ3) is 3.44. The summed E-state index contributed by atoms with van der Waals surface area (Å²) in [5, 5.41) is 0.974. The number of halogens is 2. The van der Waals surface area contributed by atoms with Crippen LogP contribution in [0.5, 0.6) is 0 Å². The normalized spacial score (nSPS) is 20.5. The molecular weight excluding hydrogens is 340 g/mol. The van der Waals surface area contributed by atoms with Gasteiger partial charge < -0.3 is 15.0 Å². The van der Waals surface area contributed by atoms with E-state index in [2.05, 4.69) is 12.6 Å². The van der Waals surface area contributed by atoms with Crippen molar-refractivity contribution in [2.75, 3.05) is 11.5 Å². The molecule has 1 aromatic rings. The van der Waals surface area contributed by atoms with Crippen molar-refractivity contribution in [2.45, 2.75) is 38.9 Å². The predicted octanol–water partition coefficient (Wildman–Crippen LogP) is 4.52. The molecule has 1 saturated heterocycles. The first-order chi connectivity index (χ1) is 10.1. The minimum atomic E-state index is -0.479. The molecule has 0 amide bonds. The van der Waals surface area contributed by atoms with Crippen molar-refractivity contribution in [1.29, 1.82) is 0 Å². The Balaban J connectivity index is 2.38. The molecule has 22 heavy (non-hydrogen) atoms. The fourth-order valence-electron chi connectivity index (χ4n) is 2.11. The monoisotopic (exact) mass is 359 g/mol. The van der Waals surface area contributed by atoms with Crippen molar-refractivity contribution >= 4 is 54.7 Å². The van der Waals surface area contributed by atoms with Gasteiger partial charge in [0.2, 0.25) is 0 Å². The van der Waals surface area contributed by atoms with E-state index in [0.717, 1.165) is 5.47 Å². The van der Waals surface area contributed by atoms with Gasteiger partial charge in [-0.3, -0.25) is 0 Å². The highest BCUT2D eigenvalue weighted by atomic mass is 35.5. The molecule has 0 spiro atoms. The van der Waals surface area contributed by atoms with Crippen LogP contribution in [0.25, 0.3) is 6.08 Å². The van der Waals surface area contributed by atoms with Crippen LogP contribution in [0.3, 0.4) is 0 Å². The number of benzene rings is 1. The number of rotatable bonds is 3. The van der Waals surface area contributed by atoms with Gasteiger partial charge in [-0.2, -0.15) is 12.6 Å². The molecule has 1 fully saturated rings. The molecule has 120 valence electrons. The molecule has 7 heteroatoms. The molecule has 0 aromatic heterocycles. The van der Waals surface area contributed by atoms with Gasteiger partial charge in [0.25, 0.3) is 0 Å². The van der Waals surface area contributed by atoms with Crippen molar-refractivity contribution < 1.29 is 9.31 Å². The van der Waals surface area contributed by atoms with E-state index in [9.17, 15) is 0 Å². The van der Waals surface area contributed by atoms with Crippen molar-refractivity contribution in [3.63, 3.8) is 0 Å². The van der Waals surface area contributed by atoms with E-state index in [1.165, 1.54) is 0 Å². The van der Waals surface area contributed by atoms with E-state index >= 15 is 0 Å². The highest BCUT2D eigenvalue weighted by Crippen LogP contribution is 2.39. The van der Waals surface area contributed by atoms with Crippen molar-refractivity contribution in [2.24, 2.45) is 0 Å². The Kier molecular flexibility index (Phi) is 5.15. The lowest BCUT2D eigenvalue weighted by molar-refractivity contribution is 0.00578. The fraction of sp³-hybridized carbons (Fsp3) is 0.467. The molecule has 0 unspecified atom stereocenters. The molecule has 0 saturated carbocycles. The average Bonchev–Trinajstić information content (AvgIpc) is 2.57. The summed E-state index contributed by atoms with van der Waals surface area (Å²) in [4.78, 5) is 0. The van der Waals surface area contributed by atoms with Gasteiger partial charge in [-0.15, -0.1) is 0 Å². The zero-order chi connectivity index (χ0) is 16.7. The quantitative estimate of drug-likeness (QED) is 0.473. The van der Waals surface area contributed by atoms with E-state index in [0.29, 0.717) is 27.0 Å². The van der Waals surface area contributed by atoms with Crippen molar-refractivity contribution in [1.82, 2.24) is 0 Å². The van der Waals surface area contributed by atoms with Crippen LogP contribution in [-0.2, 0) is 9.31 Å². The molecule has 1 heterocycles. The number of hydrogen-bond acceptors (Lipinski definition) is 4. The molecule has 1 aliphatic rings. The second kappa shape index (κ2) is 6.29. The number of hydrogen-bond donors (Lipinski definition) is 2. The van der Waals surface area contributed by atoms with Gasteiger partial charge in [-0.25, -0.2) is 0 Å². The van der Waals surface area contributed by atoms with Gasteiger partial charge >= 0.3 is 7.12 Å². The third-order valence-corrected chi connectivity index (χ3v) is 5.16. The summed E-state index contributed by atoms with van der Waals surface area (Å²) in [5.74, 6) is 0.466. The standard InChI is InChI=1S/C15H20BCl2NO2S/c1-14(2)15(3,4)21-16(20-14)9(8-22)5-11-12(17)6-10(19)7-13(11)18/h5-7,22H,8,19H2,1-4H3. The second-order valence-corrected chi connectivity index (χ2v) is 7.49. The first kappa shape index (κ1) is 18.0. The second-order valence-electron chi connectivity index (χ2n) is 6.36. The highest BCUT2D eigenvalue weighted by molar-refractivity contribution is 7.80. The highest BCUT2D eigenvalue weighted by Gasteiger charge is 2.52. The largest absolute Gasteiger partial charge is 0.491 e. The van der Waals surface area contributed by atoms with Crippen molar-refractivity contribution in [3.8, 4) is 0 Å². The van der Waals surface area contributed by atoms with Gasteiger partial charge in [0.05, 0.1) is 21.2 Å². The van der Waals surface area contributed by atoms with E-state index < -0.39 is 18.3 Å². The Morgan fingerprint density at radius 3 is 2.05 bits per heavy atom. The van der Waals surface area contributed by atoms with Crippen LogP contribution in [0.4, 0.5) is 5.69 Å². The topological polar surface area (TPSA) is 44.5 Å². The van der Waals surface area contributed by atoms with E-state index in [-0.39, 0.29) is 0 Å². The maximum absolute atomic E-state index is 6.24. The van der Waals surface area contributed by atoms with Gasteiger partial charge in [0, 0.05) is 17.0 Å². The molecule has 2 N–H and O–H groups in total. The summed E-state index contributed by atoms with van der Waals surface area (Å²) in [7, 11) is -0.479. The summed E-state index contributed by atoms with van der Waals surface area (Å²) in [6.45, 7) is 8.03. The van der Waals surface area contributed by atoms with Crippen LogP contribution < -0.4 is 5.73 Å². The van der Waals surface area contributed by atoms with Gasteiger partial charge in [-0.1, -0.05) is 29.3 Å². The van der Waals surface area contributed by atoms with Crippen LogP contribution >= 0.6 is 35.8 Å². The zero-order valence-electron chi connectivity index (χ0n) is 13.1. The molecule has 0 aliphatic carbocycles. The Bertz CT molecular complexity index is 581. The minimum absolute atomic E-state index is 0.408. The number of anilines is 1. The Labute approximate surface area is 147 Å². The van der Waals surface area contributed by atoms with Gasteiger partial charge in [0.1, 0.15) is 0 Å². The Hall–Kier alpha value is -0.325. The van der Waals surface area contributed by atoms with E-state index in [4.69, 9.17) is 38.2 Å². The molecular formula is C15H20BCl2NO2S. The summed E-state index contributed by atoms with van der Waals surface area (Å²) in [6, 6.07) is 3.33. The maximum atomic E-state index is 6.24. The van der Waals surface area contributed by atoms with E-state index in [1.54, 1.807) is 12.1 Å². The molecule has 1 aromatic carbocycles. The van der Waals surface area contributed by atoms with Crippen LogP contribution in [0, 0.1) is 0 Å². The Morgan fingerprint density at radius 1 is 1.18 bits per heavy atom. The summed E-state index contributed by atoms with van der Waals surface area (Å²) in [6.07, 6.45) is 1.86. The first-order valence-electron chi connectivity index (χ1n) is 6.99. The molecule has 1 aliphatic heterocycles. The predicted molar refractivity (Wildman–Crippen MR) is 98.8 cm³/mol. The summed E-state index contributed by atoms with van der Waals surface area (Å²) < 4.78 is 12.1. The molecule has 3 nitrogen and oxygen atoms in total. The van der Waals surface area contributed by atoms with E-state index in [1.807, 2.05) is 33.8 Å². The van der Waals surface area contributed by atoms with Crippen LogP contribution in [0.2, 0.25) is 10.0 Å². The molecule has 0 atom stereocenters. The fourth-order valence-corrected chi connectivity index (χ4v) is 2.96. The minimum Gasteiger partial charge on any atom is -0.400 e. The van der Waals surface area contributed by atoms with Gasteiger partial charge in [-0.05, 0) is 45.3 Å². The lowest BCUT2D eigenvalue weighted by Crippen LogP contribution is -2.41. The molecule has 2 rings (SSSR count). The zero-order valence-corrected chi connectivity index (χ0v) is 15.5. The number of nitrogens with two attached hydrogens (primary N) is 1. The smallest absolute Gasteiger partial charge is 0.400 e.